The number of nitrogens with one attached hydrogen (secondary N) is 1. The molecule has 0 aliphatic rings. The second-order valence-corrected chi connectivity index (χ2v) is 4.63. The predicted molar refractivity (Wildman–Crippen MR) is 66.0 cm³/mol. The van der Waals surface area contributed by atoms with Gasteiger partial charge in [0, 0.05) is 7.05 Å². The molecule has 2 rings (SSSR count). The lowest BCUT2D eigenvalue weighted by molar-refractivity contribution is 0.556. The minimum absolute atomic E-state index is 0.116. The second kappa shape index (κ2) is 4.52. The number of nitrogens with zero attached hydrogens (tertiary/aromatic N) is 3. The molecule has 0 saturated carbocycles. The number of halogens is 2. The maximum atomic E-state index is 13.1. The van der Waals surface area contributed by atoms with Gasteiger partial charge in [-0.2, -0.15) is 9.49 Å². The van der Waals surface area contributed by atoms with Gasteiger partial charge >= 0.3 is 5.69 Å². The van der Waals surface area contributed by atoms with E-state index < -0.39 is 17.1 Å². The Morgan fingerprint density at radius 3 is 2.72 bits per heavy atom. The first-order valence-electron chi connectivity index (χ1n) is 5.07. The van der Waals surface area contributed by atoms with Gasteiger partial charge in [0.15, 0.2) is 0 Å². The number of hydrogen-bond donors (Lipinski definition) is 1. The van der Waals surface area contributed by atoms with Crippen LogP contribution >= 0.6 is 15.9 Å². The first-order chi connectivity index (χ1) is 8.40. The molecule has 2 heterocycles. The Labute approximate surface area is 109 Å². The zero-order valence-electron chi connectivity index (χ0n) is 9.70. The summed E-state index contributed by atoms with van der Waals surface area (Å²) in [5, 5.41) is 4.17. The van der Waals surface area contributed by atoms with Gasteiger partial charge in [-0.25, -0.2) is 4.79 Å². The molecule has 0 radical (unpaired) electrons. The summed E-state index contributed by atoms with van der Waals surface area (Å²) in [4.78, 5) is 24.3. The van der Waals surface area contributed by atoms with Crippen molar-refractivity contribution in [3.8, 4) is 0 Å². The van der Waals surface area contributed by atoms with E-state index in [1.165, 1.54) is 0 Å². The Morgan fingerprint density at radius 1 is 1.50 bits per heavy atom. The molecule has 8 heteroatoms. The highest BCUT2D eigenvalue weighted by atomic mass is 79.9. The van der Waals surface area contributed by atoms with Gasteiger partial charge in [0.05, 0.1) is 28.6 Å². The normalized spacial score (nSPS) is 10.9. The van der Waals surface area contributed by atoms with Crippen molar-refractivity contribution in [3.63, 3.8) is 0 Å². The van der Waals surface area contributed by atoms with Crippen LogP contribution in [0.5, 0.6) is 0 Å². The van der Waals surface area contributed by atoms with Gasteiger partial charge in [-0.05, 0) is 22.9 Å². The molecule has 0 aliphatic heterocycles. The standard InChI is InChI=1S/C10H10BrFN4O2/c1-5-8(11)7(15(2)14-5)4-16-3-6(12)9(17)13-10(16)18/h3H,4H2,1-2H3,(H,13,17,18). The lowest BCUT2D eigenvalue weighted by atomic mass is 10.3. The topological polar surface area (TPSA) is 72.7 Å². The Morgan fingerprint density at radius 2 is 2.17 bits per heavy atom. The molecule has 1 N–H and O–H groups in total. The molecule has 0 unspecified atom stereocenters. The van der Waals surface area contributed by atoms with Gasteiger partial charge < -0.3 is 0 Å². The van der Waals surface area contributed by atoms with Crippen LogP contribution < -0.4 is 11.2 Å². The Bertz CT molecular complexity index is 716. The minimum Gasteiger partial charge on any atom is -0.292 e. The number of aromatic nitrogens is 4. The van der Waals surface area contributed by atoms with E-state index in [1.54, 1.807) is 11.7 Å². The monoisotopic (exact) mass is 316 g/mol. The highest BCUT2D eigenvalue weighted by molar-refractivity contribution is 9.10. The van der Waals surface area contributed by atoms with Crippen molar-refractivity contribution in [2.24, 2.45) is 7.05 Å². The Hall–Kier alpha value is -1.70. The Kier molecular flexibility index (Phi) is 3.20. The van der Waals surface area contributed by atoms with Crippen LogP contribution in [-0.4, -0.2) is 19.3 Å². The third kappa shape index (κ3) is 2.15. The number of hydrogen-bond acceptors (Lipinski definition) is 3. The fourth-order valence-corrected chi connectivity index (χ4v) is 2.07. The highest BCUT2D eigenvalue weighted by Crippen LogP contribution is 2.20. The maximum absolute atomic E-state index is 13.1. The van der Waals surface area contributed by atoms with Gasteiger partial charge in [-0.15, -0.1) is 0 Å². The van der Waals surface area contributed by atoms with Crippen molar-refractivity contribution in [2.45, 2.75) is 13.5 Å². The lowest BCUT2D eigenvalue weighted by Crippen LogP contribution is -2.32. The SMILES string of the molecule is Cc1nn(C)c(Cn2cc(F)c(=O)[nH]c2=O)c1Br. The van der Waals surface area contributed by atoms with Crippen molar-refractivity contribution in [1.82, 2.24) is 19.3 Å². The molecule has 18 heavy (non-hydrogen) atoms. The number of rotatable bonds is 2. The van der Waals surface area contributed by atoms with Gasteiger partial charge in [0.2, 0.25) is 5.82 Å². The third-order valence-electron chi connectivity index (χ3n) is 2.55. The first kappa shape index (κ1) is 12.7. The minimum atomic E-state index is -1.02. The summed E-state index contributed by atoms with van der Waals surface area (Å²) in [5.74, 6) is -0.996. The van der Waals surface area contributed by atoms with E-state index in [-0.39, 0.29) is 6.54 Å². The van der Waals surface area contributed by atoms with Crippen LogP contribution in [0.2, 0.25) is 0 Å². The van der Waals surface area contributed by atoms with Crippen LogP contribution in [0, 0.1) is 12.7 Å². The van der Waals surface area contributed by atoms with Crippen LogP contribution in [-0.2, 0) is 13.6 Å². The quantitative estimate of drug-likeness (QED) is 0.878. The molecule has 2 aromatic heterocycles. The van der Waals surface area contributed by atoms with Crippen LogP contribution in [0.25, 0.3) is 0 Å². The molecule has 0 saturated heterocycles. The number of H-pyrrole nitrogens is 1. The zero-order chi connectivity index (χ0) is 13.4. The molecule has 0 atom stereocenters. The van der Waals surface area contributed by atoms with E-state index in [4.69, 9.17) is 0 Å². The van der Waals surface area contributed by atoms with Crippen molar-refractivity contribution in [2.75, 3.05) is 0 Å². The Balaban J connectivity index is 2.50. The maximum Gasteiger partial charge on any atom is 0.328 e. The smallest absolute Gasteiger partial charge is 0.292 e. The predicted octanol–water partition coefficient (Wildman–Crippen LogP) is 0.528. The number of aromatic amines is 1. The average molecular weight is 317 g/mol. The van der Waals surface area contributed by atoms with E-state index >= 15 is 0 Å². The third-order valence-corrected chi connectivity index (χ3v) is 3.58. The molecule has 0 aliphatic carbocycles. The summed E-state index contributed by atoms with van der Waals surface area (Å²) < 4.78 is 16.6. The van der Waals surface area contributed by atoms with Gasteiger partial charge in [-0.3, -0.25) is 19.0 Å². The van der Waals surface area contributed by atoms with Gasteiger partial charge in [-0.1, -0.05) is 0 Å². The fourth-order valence-electron chi connectivity index (χ4n) is 1.61. The molecule has 96 valence electrons. The summed E-state index contributed by atoms with van der Waals surface area (Å²) in [6.45, 7) is 1.92. The van der Waals surface area contributed by atoms with Crippen LogP contribution in [0.3, 0.4) is 0 Å². The molecule has 2 aromatic rings. The molecular weight excluding hydrogens is 307 g/mol. The first-order valence-corrected chi connectivity index (χ1v) is 5.86. The van der Waals surface area contributed by atoms with Gasteiger partial charge in [0.1, 0.15) is 0 Å². The average Bonchev–Trinajstić information content (AvgIpc) is 2.52. The fraction of sp³-hybridized carbons (Fsp3) is 0.300. The lowest BCUT2D eigenvalue weighted by Gasteiger charge is -2.06. The summed E-state index contributed by atoms with van der Waals surface area (Å²) in [7, 11) is 1.72. The zero-order valence-corrected chi connectivity index (χ0v) is 11.3. The largest absolute Gasteiger partial charge is 0.328 e. The van der Waals surface area contributed by atoms with Crippen molar-refractivity contribution in [1.29, 1.82) is 0 Å². The van der Waals surface area contributed by atoms with E-state index in [0.717, 1.165) is 20.9 Å². The summed E-state index contributed by atoms with van der Waals surface area (Å²) >= 11 is 3.35. The van der Waals surface area contributed by atoms with Crippen LogP contribution in [0.15, 0.2) is 20.3 Å². The molecule has 0 amide bonds. The molecular formula is C10H10BrFN4O2. The van der Waals surface area contributed by atoms with Crippen LogP contribution in [0.4, 0.5) is 4.39 Å². The van der Waals surface area contributed by atoms with Gasteiger partial charge in [0.25, 0.3) is 5.56 Å². The molecule has 0 aromatic carbocycles. The molecule has 0 fully saturated rings. The summed E-state index contributed by atoms with van der Waals surface area (Å²) in [5.41, 5.74) is -0.199. The van der Waals surface area contributed by atoms with E-state index in [2.05, 4.69) is 21.0 Å². The van der Waals surface area contributed by atoms with Crippen molar-refractivity contribution >= 4 is 15.9 Å². The molecule has 0 spiro atoms. The molecule has 6 nitrogen and oxygen atoms in total. The van der Waals surface area contributed by atoms with E-state index in [9.17, 15) is 14.0 Å². The summed E-state index contributed by atoms with van der Waals surface area (Å²) in [6, 6.07) is 0. The highest BCUT2D eigenvalue weighted by Gasteiger charge is 2.12. The van der Waals surface area contributed by atoms with Crippen LogP contribution in [0.1, 0.15) is 11.4 Å². The van der Waals surface area contributed by atoms with E-state index in [1.807, 2.05) is 11.9 Å². The summed E-state index contributed by atoms with van der Waals surface area (Å²) in [6.07, 6.45) is 0.885. The van der Waals surface area contributed by atoms with Crippen molar-refractivity contribution < 1.29 is 4.39 Å². The molecule has 0 bridgehead atoms. The van der Waals surface area contributed by atoms with E-state index in [0.29, 0.717) is 5.69 Å². The van der Waals surface area contributed by atoms with Crippen molar-refractivity contribution in [3.05, 3.63) is 48.7 Å². The number of aryl methyl sites for hydroxylation is 2. The second-order valence-electron chi connectivity index (χ2n) is 3.83.